The third kappa shape index (κ3) is 4.49. The normalized spacial score (nSPS) is 15.3. The van der Waals surface area contributed by atoms with Crippen LogP contribution in [0, 0.1) is 19.8 Å². The molecule has 1 saturated carbocycles. The predicted molar refractivity (Wildman–Crippen MR) is 127 cm³/mol. The predicted octanol–water partition coefficient (Wildman–Crippen LogP) is 2.98. The fraction of sp³-hybridized carbons (Fsp3) is 0.357. The van der Waals surface area contributed by atoms with Crippen molar-refractivity contribution in [3.05, 3.63) is 59.2 Å². The van der Waals surface area contributed by atoms with Crippen molar-refractivity contribution < 1.29 is 48.6 Å². The minimum Gasteiger partial charge on any atom is -0.545 e. The quantitative estimate of drug-likeness (QED) is 0.424. The molecule has 2 heterocycles. The first-order valence-corrected chi connectivity index (χ1v) is 11.7. The summed E-state index contributed by atoms with van der Waals surface area (Å²) in [5.41, 5.74) is 3.70. The van der Waals surface area contributed by atoms with Crippen LogP contribution >= 0.6 is 0 Å². The molecule has 170 valence electrons. The van der Waals surface area contributed by atoms with E-state index in [0.717, 1.165) is 34.9 Å². The van der Waals surface area contributed by atoms with Crippen molar-refractivity contribution in [2.45, 2.75) is 59.0 Å². The van der Waals surface area contributed by atoms with Crippen LogP contribution in [-0.4, -0.2) is 17.1 Å². The standard InChI is InChI=1S/C28H29NO4.Na/c1-16-13-14-24(32-18(3)19-9-5-4-6-10-19)25-21(28(30)31)15-22(29-26(16)25)27-17(2)20-11-7-8-12-23(20)33-27;/h7-8,11-15,18-19H,4-6,9-10H2,1-3H3,(H,30,31);/q;+1/p-1/t18-;/m1./s1. The Bertz CT molecular complexity index is 1350. The zero-order valence-corrected chi connectivity index (χ0v) is 22.3. The van der Waals surface area contributed by atoms with Crippen LogP contribution in [0.25, 0.3) is 33.3 Å². The van der Waals surface area contributed by atoms with Crippen molar-refractivity contribution in [3.8, 4) is 17.2 Å². The van der Waals surface area contributed by atoms with Gasteiger partial charge in [0, 0.05) is 16.5 Å². The number of hydrogen-bond acceptors (Lipinski definition) is 5. The summed E-state index contributed by atoms with van der Waals surface area (Å²) in [6.07, 6.45) is 6.01. The Morgan fingerprint density at radius 1 is 1.12 bits per heavy atom. The van der Waals surface area contributed by atoms with Gasteiger partial charge in [-0.05, 0) is 63.3 Å². The molecular formula is C28H28NNaO4. The van der Waals surface area contributed by atoms with Gasteiger partial charge in [-0.15, -0.1) is 0 Å². The van der Waals surface area contributed by atoms with E-state index in [0.29, 0.717) is 34.0 Å². The molecule has 1 atom stereocenters. The molecule has 5 rings (SSSR count). The van der Waals surface area contributed by atoms with Gasteiger partial charge in [-0.1, -0.05) is 43.5 Å². The van der Waals surface area contributed by atoms with E-state index in [2.05, 4.69) is 6.92 Å². The molecule has 0 saturated heterocycles. The van der Waals surface area contributed by atoms with Gasteiger partial charge in [-0.25, -0.2) is 4.98 Å². The second kappa shape index (κ2) is 10.1. The molecule has 2 aromatic heterocycles. The number of aromatic carboxylic acids is 1. The Morgan fingerprint density at radius 3 is 2.56 bits per heavy atom. The minimum absolute atomic E-state index is 0. The molecule has 1 aliphatic carbocycles. The molecule has 0 aliphatic heterocycles. The number of ether oxygens (including phenoxy) is 1. The van der Waals surface area contributed by atoms with Crippen LogP contribution in [0.1, 0.15) is 60.5 Å². The first-order chi connectivity index (χ1) is 15.9. The van der Waals surface area contributed by atoms with Crippen LogP contribution in [0.15, 0.2) is 46.9 Å². The van der Waals surface area contributed by atoms with Gasteiger partial charge in [-0.2, -0.15) is 0 Å². The molecule has 6 heteroatoms. The number of furan rings is 1. The van der Waals surface area contributed by atoms with Crippen molar-refractivity contribution in [3.63, 3.8) is 0 Å². The van der Waals surface area contributed by atoms with Crippen LogP contribution in [0.3, 0.4) is 0 Å². The monoisotopic (exact) mass is 465 g/mol. The summed E-state index contributed by atoms with van der Waals surface area (Å²) in [7, 11) is 0. The maximum Gasteiger partial charge on any atom is 1.00 e. The van der Waals surface area contributed by atoms with Gasteiger partial charge >= 0.3 is 29.6 Å². The van der Waals surface area contributed by atoms with Crippen LogP contribution in [-0.2, 0) is 0 Å². The van der Waals surface area contributed by atoms with Gasteiger partial charge in [0.25, 0.3) is 0 Å². The van der Waals surface area contributed by atoms with Crippen LogP contribution in [0.4, 0.5) is 0 Å². The van der Waals surface area contributed by atoms with Crippen molar-refractivity contribution in [1.29, 1.82) is 0 Å². The average Bonchev–Trinajstić information content (AvgIpc) is 3.17. The van der Waals surface area contributed by atoms with Gasteiger partial charge in [0.15, 0.2) is 5.76 Å². The average molecular weight is 466 g/mol. The third-order valence-corrected chi connectivity index (χ3v) is 7.05. The number of benzene rings is 2. The summed E-state index contributed by atoms with van der Waals surface area (Å²) in [4.78, 5) is 17.1. The first kappa shape index (κ1) is 24.8. The van der Waals surface area contributed by atoms with E-state index in [4.69, 9.17) is 14.1 Å². The number of carbonyl (C=O) groups is 1. The van der Waals surface area contributed by atoms with E-state index in [-0.39, 0.29) is 41.2 Å². The van der Waals surface area contributed by atoms with Gasteiger partial charge in [0.2, 0.25) is 0 Å². The van der Waals surface area contributed by atoms with Crippen LogP contribution < -0.4 is 39.4 Å². The topological polar surface area (TPSA) is 75.4 Å². The molecule has 0 bridgehead atoms. The number of carboxylic acids is 1. The maximum atomic E-state index is 12.3. The van der Waals surface area contributed by atoms with E-state index in [9.17, 15) is 9.90 Å². The number of hydrogen-bond donors (Lipinski definition) is 0. The SMILES string of the molecule is Cc1c(-c2cc(C(=O)[O-])c3c(O[C@H](C)C4CCCCC4)ccc(C)c3n2)oc2ccccc12.[Na+]. The number of fused-ring (bicyclic) bond motifs is 2. The molecular weight excluding hydrogens is 437 g/mol. The van der Waals surface area contributed by atoms with E-state index < -0.39 is 5.97 Å². The molecule has 0 unspecified atom stereocenters. The molecule has 0 amide bonds. The second-order valence-corrected chi connectivity index (χ2v) is 9.22. The molecule has 4 aromatic rings. The smallest absolute Gasteiger partial charge is 0.545 e. The third-order valence-electron chi connectivity index (χ3n) is 7.05. The van der Waals surface area contributed by atoms with Gasteiger partial charge in [-0.3, -0.25) is 0 Å². The molecule has 0 spiro atoms. The van der Waals surface area contributed by atoms with E-state index in [1.165, 1.54) is 19.3 Å². The number of para-hydroxylation sites is 1. The fourth-order valence-electron chi connectivity index (χ4n) is 5.14. The van der Waals surface area contributed by atoms with E-state index in [1.807, 2.05) is 50.2 Å². The Balaban J connectivity index is 0.00000274. The molecule has 5 nitrogen and oxygen atoms in total. The second-order valence-electron chi connectivity index (χ2n) is 9.22. The Labute approximate surface area is 221 Å². The summed E-state index contributed by atoms with van der Waals surface area (Å²) in [6.45, 7) is 5.97. The largest absolute Gasteiger partial charge is 1.00 e. The Kier molecular flexibility index (Phi) is 7.36. The Hall–Kier alpha value is -2.34. The summed E-state index contributed by atoms with van der Waals surface area (Å²) < 4.78 is 12.5. The van der Waals surface area contributed by atoms with E-state index in [1.54, 1.807) is 6.07 Å². The number of nitrogens with zero attached hydrogens (tertiary/aromatic N) is 1. The number of carboxylic acid groups (broad SMARTS) is 1. The van der Waals surface area contributed by atoms with Crippen molar-refractivity contribution in [2.24, 2.45) is 5.92 Å². The van der Waals surface area contributed by atoms with Crippen LogP contribution in [0.2, 0.25) is 0 Å². The number of carbonyl (C=O) groups excluding carboxylic acids is 1. The molecule has 0 N–H and O–H groups in total. The number of pyridine rings is 1. The summed E-state index contributed by atoms with van der Waals surface area (Å²) in [6, 6.07) is 13.1. The van der Waals surface area contributed by atoms with Crippen LogP contribution in [0.5, 0.6) is 5.75 Å². The maximum absolute atomic E-state index is 12.3. The number of rotatable bonds is 5. The number of aryl methyl sites for hydroxylation is 2. The summed E-state index contributed by atoms with van der Waals surface area (Å²) >= 11 is 0. The first-order valence-electron chi connectivity index (χ1n) is 11.7. The molecule has 1 fully saturated rings. The molecule has 0 radical (unpaired) electrons. The Morgan fingerprint density at radius 2 is 1.85 bits per heavy atom. The van der Waals surface area contributed by atoms with E-state index >= 15 is 0 Å². The summed E-state index contributed by atoms with van der Waals surface area (Å²) in [5.74, 6) is 0.347. The van der Waals surface area contributed by atoms with Gasteiger partial charge in [0.1, 0.15) is 17.0 Å². The van der Waals surface area contributed by atoms with Crippen molar-refractivity contribution >= 4 is 27.8 Å². The minimum atomic E-state index is -1.25. The van der Waals surface area contributed by atoms with Crippen molar-refractivity contribution in [1.82, 2.24) is 4.98 Å². The van der Waals surface area contributed by atoms with Gasteiger partial charge in [0.05, 0.1) is 23.0 Å². The molecule has 34 heavy (non-hydrogen) atoms. The van der Waals surface area contributed by atoms with Gasteiger partial charge < -0.3 is 19.1 Å². The fourth-order valence-corrected chi connectivity index (χ4v) is 5.14. The van der Waals surface area contributed by atoms with Crippen molar-refractivity contribution in [2.75, 3.05) is 0 Å². The zero-order chi connectivity index (χ0) is 23.1. The number of aromatic nitrogens is 1. The molecule has 2 aromatic carbocycles. The zero-order valence-electron chi connectivity index (χ0n) is 20.3. The summed E-state index contributed by atoms with van der Waals surface area (Å²) in [5, 5.41) is 13.8. The molecule has 1 aliphatic rings.